The first-order chi connectivity index (χ1) is 13.6. The zero-order valence-corrected chi connectivity index (χ0v) is 16.7. The van der Waals surface area contributed by atoms with Gasteiger partial charge in [0.25, 0.3) is 5.91 Å². The molecule has 28 heavy (non-hydrogen) atoms. The number of rotatable bonds is 7. The van der Waals surface area contributed by atoms with Gasteiger partial charge in [0, 0.05) is 0 Å². The Morgan fingerprint density at radius 2 is 1.36 bits per heavy atom. The molecule has 1 unspecified atom stereocenters. The van der Waals surface area contributed by atoms with Crippen LogP contribution in [0.1, 0.15) is 41.6 Å². The Kier molecular flexibility index (Phi) is 6.49. The Hall–Kier alpha value is -3.07. The van der Waals surface area contributed by atoms with Gasteiger partial charge in [0.2, 0.25) is 0 Å². The molecule has 0 aliphatic carbocycles. The van der Waals surface area contributed by atoms with Gasteiger partial charge in [0.15, 0.2) is 6.10 Å². The highest BCUT2D eigenvalue weighted by atomic mass is 16.5. The van der Waals surface area contributed by atoms with Gasteiger partial charge in [0.1, 0.15) is 5.75 Å². The van der Waals surface area contributed by atoms with Crippen molar-refractivity contribution in [1.82, 2.24) is 5.32 Å². The van der Waals surface area contributed by atoms with Gasteiger partial charge in [-0.05, 0) is 54.7 Å². The molecule has 0 heterocycles. The molecule has 144 valence electrons. The van der Waals surface area contributed by atoms with Gasteiger partial charge in [-0.3, -0.25) is 4.79 Å². The third-order valence-electron chi connectivity index (χ3n) is 4.69. The highest BCUT2D eigenvalue weighted by Crippen LogP contribution is 2.23. The Labute approximate surface area is 167 Å². The maximum atomic E-state index is 13.1. The summed E-state index contributed by atoms with van der Waals surface area (Å²) in [6.07, 6.45) is 0.0471. The summed E-state index contributed by atoms with van der Waals surface area (Å²) in [7, 11) is 0. The number of carbonyl (C=O) groups excluding carboxylic acids is 1. The van der Waals surface area contributed by atoms with Crippen molar-refractivity contribution in [3.8, 4) is 5.75 Å². The SMILES string of the molecule is CCC(Oc1cc(C)cc(C)c1)C(=O)NC(c1ccccc1)c1ccccc1. The van der Waals surface area contributed by atoms with Crippen molar-refractivity contribution in [2.45, 2.75) is 39.3 Å². The van der Waals surface area contributed by atoms with E-state index in [1.165, 1.54) is 0 Å². The van der Waals surface area contributed by atoms with E-state index in [9.17, 15) is 4.79 Å². The quantitative estimate of drug-likeness (QED) is 0.605. The van der Waals surface area contributed by atoms with Crippen molar-refractivity contribution >= 4 is 5.91 Å². The minimum Gasteiger partial charge on any atom is -0.481 e. The van der Waals surface area contributed by atoms with Crippen LogP contribution in [0, 0.1) is 13.8 Å². The second-order valence-electron chi connectivity index (χ2n) is 7.10. The lowest BCUT2D eigenvalue weighted by Gasteiger charge is -2.24. The molecule has 1 N–H and O–H groups in total. The second kappa shape index (κ2) is 9.23. The van der Waals surface area contributed by atoms with E-state index in [4.69, 9.17) is 4.74 Å². The van der Waals surface area contributed by atoms with Crippen LogP contribution in [0.4, 0.5) is 0 Å². The zero-order valence-electron chi connectivity index (χ0n) is 16.7. The molecule has 3 aromatic rings. The average Bonchev–Trinajstić information content (AvgIpc) is 2.70. The van der Waals surface area contributed by atoms with Crippen LogP contribution in [-0.4, -0.2) is 12.0 Å². The van der Waals surface area contributed by atoms with Crippen molar-refractivity contribution in [2.24, 2.45) is 0 Å². The highest BCUT2D eigenvalue weighted by molar-refractivity contribution is 5.82. The smallest absolute Gasteiger partial charge is 0.261 e. The third-order valence-corrected chi connectivity index (χ3v) is 4.69. The van der Waals surface area contributed by atoms with Crippen molar-refractivity contribution in [1.29, 1.82) is 0 Å². The fraction of sp³-hybridized carbons (Fsp3) is 0.240. The average molecular weight is 373 g/mol. The third kappa shape index (κ3) is 5.01. The fourth-order valence-electron chi connectivity index (χ4n) is 3.37. The number of carbonyl (C=O) groups is 1. The molecule has 0 aromatic heterocycles. The molecular formula is C25H27NO2. The molecule has 3 nitrogen and oxygen atoms in total. The molecule has 3 heteroatoms. The van der Waals surface area contributed by atoms with Crippen LogP contribution >= 0.6 is 0 Å². The summed E-state index contributed by atoms with van der Waals surface area (Å²) in [5, 5.41) is 3.19. The summed E-state index contributed by atoms with van der Waals surface area (Å²) in [6.45, 7) is 6.02. The van der Waals surface area contributed by atoms with Crippen LogP contribution in [0.2, 0.25) is 0 Å². The van der Waals surface area contributed by atoms with Crippen LogP contribution in [0.25, 0.3) is 0 Å². The molecule has 3 rings (SSSR count). The molecule has 3 aromatic carbocycles. The lowest BCUT2D eigenvalue weighted by molar-refractivity contribution is -0.128. The van der Waals surface area contributed by atoms with Crippen molar-refractivity contribution < 1.29 is 9.53 Å². The molecule has 0 spiro atoms. The maximum absolute atomic E-state index is 13.1. The summed E-state index contributed by atoms with van der Waals surface area (Å²) < 4.78 is 6.05. The molecule has 0 bridgehead atoms. The summed E-state index contributed by atoms with van der Waals surface area (Å²) in [6, 6.07) is 25.8. The van der Waals surface area contributed by atoms with Gasteiger partial charge < -0.3 is 10.1 Å². The van der Waals surface area contributed by atoms with E-state index in [0.29, 0.717) is 6.42 Å². The molecule has 0 aliphatic rings. The lowest BCUT2D eigenvalue weighted by Crippen LogP contribution is -2.40. The number of benzene rings is 3. The van der Waals surface area contributed by atoms with Crippen LogP contribution < -0.4 is 10.1 Å². The normalized spacial score (nSPS) is 11.9. The monoisotopic (exact) mass is 373 g/mol. The Balaban J connectivity index is 1.82. The minimum atomic E-state index is -0.545. The molecule has 0 aliphatic heterocycles. The number of hydrogen-bond donors (Lipinski definition) is 1. The van der Waals surface area contributed by atoms with Gasteiger partial charge >= 0.3 is 0 Å². The van der Waals surface area contributed by atoms with Crippen LogP contribution in [0.3, 0.4) is 0 Å². The summed E-state index contributed by atoms with van der Waals surface area (Å²) >= 11 is 0. The van der Waals surface area contributed by atoms with E-state index in [-0.39, 0.29) is 11.9 Å². The van der Waals surface area contributed by atoms with Crippen LogP contribution in [-0.2, 0) is 4.79 Å². The van der Waals surface area contributed by atoms with E-state index in [0.717, 1.165) is 28.0 Å². The number of hydrogen-bond acceptors (Lipinski definition) is 2. The summed E-state index contributed by atoms with van der Waals surface area (Å²) in [5.74, 6) is 0.620. The van der Waals surface area contributed by atoms with Gasteiger partial charge in [0.05, 0.1) is 6.04 Å². The van der Waals surface area contributed by atoms with Crippen molar-refractivity contribution in [3.63, 3.8) is 0 Å². The van der Waals surface area contributed by atoms with E-state index >= 15 is 0 Å². The predicted octanol–water partition coefficient (Wildman–Crippen LogP) is 5.37. The first-order valence-electron chi connectivity index (χ1n) is 9.72. The number of amides is 1. The molecule has 1 amide bonds. The zero-order chi connectivity index (χ0) is 19.9. The largest absolute Gasteiger partial charge is 0.481 e. The topological polar surface area (TPSA) is 38.3 Å². The van der Waals surface area contributed by atoms with Crippen LogP contribution in [0.15, 0.2) is 78.9 Å². The first-order valence-corrected chi connectivity index (χ1v) is 9.72. The molecular weight excluding hydrogens is 346 g/mol. The van der Waals surface area contributed by atoms with Crippen LogP contribution in [0.5, 0.6) is 5.75 Å². The lowest BCUT2D eigenvalue weighted by atomic mass is 9.98. The van der Waals surface area contributed by atoms with E-state index in [1.807, 2.05) is 93.6 Å². The first kappa shape index (κ1) is 19.7. The fourth-order valence-corrected chi connectivity index (χ4v) is 3.37. The second-order valence-corrected chi connectivity index (χ2v) is 7.10. The van der Waals surface area contributed by atoms with Gasteiger partial charge in [-0.25, -0.2) is 0 Å². The standard InChI is InChI=1S/C25H27NO2/c1-4-23(28-22-16-18(2)15-19(3)17-22)25(27)26-24(20-11-7-5-8-12-20)21-13-9-6-10-14-21/h5-17,23-24H,4H2,1-3H3,(H,26,27). The number of aryl methyl sites for hydroxylation is 2. The summed E-state index contributed by atoms with van der Waals surface area (Å²) in [5.41, 5.74) is 4.33. The summed E-state index contributed by atoms with van der Waals surface area (Å²) in [4.78, 5) is 13.1. The van der Waals surface area contributed by atoms with Gasteiger partial charge in [-0.1, -0.05) is 73.7 Å². The number of ether oxygens (including phenoxy) is 1. The Morgan fingerprint density at radius 1 is 0.857 bits per heavy atom. The van der Waals surface area contributed by atoms with E-state index in [1.54, 1.807) is 0 Å². The highest BCUT2D eigenvalue weighted by Gasteiger charge is 2.23. The van der Waals surface area contributed by atoms with Crippen molar-refractivity contribution in [2.75, 3.05) is 0 Å². The molecule has 1 atom stereocenters. The van der Waals surface area contributed by atoms with Gasteiger partial charge in [-0.2, -0.15) is 0 Å². The van der Waals surface area contributed by atoms with E-state index < -0.39 is 6.10 Å². The predicted molar refractivity (Wildman–Crippen MR) is 113 cm³/mol. The molecule has 0 fully saturated rings. The Bertz CT molecular complexity index is 847. The van der Waals surface area contributed by atoms with Gasteiger partial charge in [-0.15, -0.1) is 0 Å². The molecule has 0 radical (unpaired) electrons. The molecule has 0 saturated heterocycles. The maximum Gasteiger partial charge on any atom is 0.261 e. The Morgan fingerprint density at radius 3 is 1.82 bits per heavy atom. The minimum absolute atomic E-state index is 0.112. The molecule has 0 saturated carbocycles. The van der Waals surface area contributed by atoms with E-state index in [2.05, 4.69) is 11.4 Å². The van der Waals surface area contributed by atoms with Crippen molar-refractivity contribution in [3.05, 3.63) is 101 Å². The number of nitrogens with one attached hydrogen (secondary N) is 1.